The molecule has 20 heavy (non-hydrogen) atoms. The lowest BCUT2D eigenvalue weighted by Gasteiger charge is -2.00. The monoisotopic (exact) mass is 262 g/mol. The van der Waals surface area contributed by atoms with Crippen molar-refractivity contribution in [2.75, 3.05) is 0 Å². The number of fused-ring (bicyclic) bond motifs is 2. The third kappa shape index (κ3) is 1.75. The van der Waals surface area contributed by atoms with Crippen molar-refractivity contribution in [3.63, 3.8) is 0 Å². The number of pyridine rings is 1. The zero-order chi connectivity index (χ0) is 13.5. The zero-order valence-corrected chi connectivity index (χ0v) is 10.6. The van der Waals surface area contributed by atoms with Gasteiger partial charge in [0, 0.05) is 18.0 Å². The molecule has 0 aliphatic rings. The van der Waals surface area contributed by atoms with Crippen molar-refractivity contribution >= 4 is 16.4 Å². The van der Waals surface area contributed by atoms with E-state index >= 15 is 0 Å². The molecule has 0 spiro atoms. The maximum absolute atomic E-state index is 13.2. The highest BCUT2D eigenvalue weighted by Gasteiger charge is 2.05. The van der Waals surface area contributed by atoms with Crippen molar-refractivity contribution in [3.8, 4) is 11.3 Å². The number of benzene rings is 2. The van der Waals surface area contributed by atoms with E-state index in [2.05, 4.69) is 29.2 Å². The van der Waals surface area contributed by atoms with Gasteiger partial charge in [-0.1, -0.05) is 36.4 Å². The molecule has 4 aromatic rings. The average Bonchev–Trinajstić information content (AvgIpc) is 2.89. The highest BCUT2D eigenvalue weighted by molar-refractivity contribution is 5.86. The van der Waals surface area contributed by atoms with Crippen LogP contribution in [0.4, 0.5) is 4.39 Å². The predicted octanol–water partition coefficient (Wildman–Crippen LogP) is 4.29. The minimum absolute atomic E-state index is 0.264. The van der Waals surface area contributed by atoms with Gasteiger partial charge in [0.1, 0.15) is 11.5 Å². The molecule has 2 aromatic heterocycles. The molecule has 0 radical (unpaired) electrons. The van der Waals surface area contributed by atoms with Crippen LogP contribution in [-0.4, -0.2) is 9.38 Å². The minimum atomic E-state index is -0.264. The van der Waals surface area contributed by atoms with Gasteiger partial charge in [-0.3, -0.25) is 0 Å². The first kappa shape index (κ1) is 11.2. The van der Waals surface area contributed by atoms with Crippen molar-refractivity contribution in [2.45, 2.75) is 0 Å². The molecule has 0 bridgehead atoms. The SMILES string of the molecule is Fc1ccc2nc(-c3ccc4ccccc4c3)cn2c1. The second-order valence-corrected chi connectivity index (χ2v) is 4.80. The lowest BCUT2D eigenvalue weighted by molar-refractivity contribution is 0.619. The third-order valence-electron chi connectivity index (χ3n) is 3.46. The van der Waals surface area contributed by atoms with E-state index in [1.807, 2.05) is 24.4 Å². The summed E-state index contributed by atoms with van der Waals surface area (Å²) in [5.41, 5.74) is 2.63. The van der Waals surface area contributed by atoms with E-state index in [-0.39, 0.29) is 5.82 Å². The smallest absolute Gasteiger partial charge is 0.139 e. The molecule has 3 heteroatoms. The zero-order valence-electron chi connectivity index (χ0n) is 10.6. The van der Waals surface area contributed by atoms with E-state index in [1.165, 1.54) is 23.0 Å². The van der Waals surface area contributed by atoms with E-state index in [1.54, 1.807) is 10.5 Å². The Balaban J connectivity index is 1.91. The average molecular weight is 262 g/mol. The van der Waals surface area contributed by atoms with Crippen LogP contribution in [0.25, 0.3) is 27.7 Å². The minimum Gasteiger partial charge on any atom is -0.304 e. The van der Waals surface area contributed by atoms with Crippen LogP contribution < -0.4 is 0 Å². The Kier molecular flexibility index (Phi) is 2.33. The van der Waals surface area contributed by atoms with E-state index < -0.39 is 0 Å². The topological polar surface area (TPSA) is 17.3 Å². The van der Waals surface area contributed by atoms with Gasteiger partial charge in [0.2, 0.25) is 0 Å². The highest BCUT2D eigenvalue weighted by atomic mass is 19.1. The third-order valence-corrected chi connectivity index (χ3v) is 3.46. The molecule has 0 aliphatic heterocycles. The van der Waals surface area contributed by atoms with Crippen LogP contribution in [0, 0.1) is 5.82 Å². The summed E-state index contributed by atoms with van der Waals surface area (Å²) in [6, 6.07) is 17.5. The molecule has 2 nitrogen and oxygen atoms in total. The van der Waals surface area contributed by atoms with E-state index in [4.69, 9.17) is 0 Å². The molecule has 0 atom stereocenters. The molecule has 4 rings (SSSR count). The summed E-state index contributed by atoms with van der Waals surface area (Å²) in [4.78, 5) is 4.53. The summed E-state index contributed by atoms with van der Waals surface area (Å²) in [6.45, 7) is 0. The van der Waals surface area contributed by atoms with Crippen LogP contribution in [0.3, 0.4) is 0 Å². The second-order valence-electron chi connectivity index (χ2n) is 4.80. The highest BCUT2D eigenvalue weighted by Crippen LogP contribution is 2.24. The second kappa shape index (κ2) is 4.17. The van der Waals surface area contributed by atoms with Gasteiger partial charge in [-0.25, -0.2) is 9.37 Å². The summed E-state index contributed by atoms with van der Waals surface area (Å²) in [5.74, 6) is -0.264. The molecule has 0 aliphatic carbocycles. The van der Waals surface area contributed by atoms with Crippen LogP contribution >= 0.6 is 0 Å². The fourth-order valence-electron chi connectivity index (χ4n) is 2.45. The lowest BCUT2D eigenvalue weighted by atomic mass is 10.1. The molecular formula is C17H11FN2. The molecule has 0 saturated carbocycles. The number of nitrogens with zero attached hydrogens (tertiary/aromatic N) is 2. The van der Waals surface area contributed by atoms with Gasteiger partial charge in [0.15, 0.2) is 0 Å². The summed E-state index contributed by atoms with van der Waals surface area (Å²) in [7, 11) is 0. The van der Waals surface area contributed by atoms with Gasteiger partial charge in [-0.15, -0.1) is 0 Å². The first-order valence-electron chi connectivity index (χ1n) is 6.43. The Hall–Kier alpha value is -2.68. The van der Waals surface area contributed by atoms with Crippen LogP contribution in [0.15, 0.2) is 67.0 Å². The predicted molar refractivity (Wildman–Crippen MR) is 78.1 cm³/mol. The van der Waals surface area contributed by atoms with Gasteiger partial charge in [0.05, 0.1) is 5.69 Å². The molecule has 0 saturated heterocycles. The molecule has 0 unspecified atom stereocenters. The Bertz CT molecular complexity index is 924. The van der Waals surface area contributed by atoms with Gasteiger partial charge in [-0.2, -0.15) is 0 Å². The molecule has 2 aromatic carbocycles. The van der Waals surface area contributed by atoms with Gasteiger partial charge < -0.3 is 4.40 Å². The fraction of sp³-hybridized carbons (Fsp3) is 0. The molecule has 0 N–H and O–H groups in total. The van der Waals surface area contributed by atoms with Gasteiger partial charge in [0.25, 0.3) is 0 Å². The number of hydrogen-bond donors (Lipinski definition) is 0. The Morgan fingerprint density at radius 1 is 0.850 bits per heavy atom. The van der Waals surface area contributed by atoms with Crippen LogP contribution in [0.2, 0.25) is 0 Å². The Morgan fingerprint density at radius 2 is 1.70 bits per heavy atom. The largest absolute Gasteiger partial charge is 0.304 e. The van der Waals surface area contributed by atoms with Gasteiger partial charge >= 0.3 is 0 Å². The number of halogens is 1. The number of aromatic nitrogens is 2. The molecule has 96 valence electrons. The van der Waals surface area contributed by atoms with Crippen molar-refractivity contribution in [1.29, 1.82) is 0 Å². The van der Waals surface area contributed by atoms with Gasteiger partial charge in [-0.05, 0) is 29.0 Å². The maximum Gasteiger partial charge on any atom is 0.139 e. The molecule has 0 fully saturated rings. The number of rotatable bonds is 1. The van der Waals surface area contributed by atoms with Crippen LogP contribution in [0.1, 0.15) is 0 Å². The van der Waals surface area contributed by atoms with Crippen LogP contribution in [0.5, 0.6) is 0 Å². The first-order chi connectivity index (χ1) is 9.79. The maximum atomic E-state index is 13.2. The Morgan fingerprint density at radius 3 is 2.60 bits per heavy atom. The molecular weight excluding hydrogens is 251 g/mol. The quantitative estimate of drug-likeness (QED) is 0.500. The van der Waals surface area contributed by atoms with E-state index in [0.717, 1.165) is 16.9 Å². The van der Waals surface area contributed by atoms with E-state index in [0.29, 0.717) is 0 Å². The summed E-state index contributed by atoms with van der Waals surface area (Å²) in [5, 5.41) is 2.37. The molecule has 2 heterocycles. The van der Waals surface area contributed by atoms with Crippen molar-refractivity contribution in [1.82, 2.24) is 9.38 Å². The van der Waals surface area contributed by atoms with Crippen molar-refractivity contribution < 1.29 is 4.39 Å². The Labute approximate surface area is 115 Å². The number of imidazole rings is 1. The van der Waals surface area contributed by atoms with Crippen LogP contribution in [-0.2, 0) is 0 Å². The van der Waals surface area contributed by atoms with E-state index in [9.17, 15) is 4.39 Å². The van der Waals surface area contributed by atoms with Crippen molar-refractivity contribution in [2.24, 2.45) is 0 Å². The fourth-order valence-corrected chi connectivity index (χ4v) is 2.45. The summed E-state index contributed by atoms with van der Waals surface area (Å²) >= 11 is 0. The lowest BCUT2D eigenvalue weighted by Crippen LogP contribution is -1.83. The summed E-state index contributed by atoms with van der Waals surface area (Å²) in [6.07, 6.45) is 3.29. The number of hydrogen-bond acceptors (Lipinski definition) is 1. The first-order valence-corrected chi connectivity index (χ1v) is 6.43. The van der Waals surface area contributed by atoms with Crippen molar-refractivity contribution in [3.05, 3.63) is 72.8 Å². The normalized spacial score (nSPS) is 11.2. The standard InChI is InChI=1S/C17H11FN2/c18-15-7-8-17-19-16(11-20(17)10-15)14-6-5-12-3-1-2-4-13(12)9-14/h1-11H. The summed E-state index contributed by atoms with van der Waals surface area (Å²) < 4.78 is 14.9. The molecule has 0 amide bonds.